The number of ketones is 1. The predicted molar refractivity (Wildman–Crippen MR) is 110 cm³/mol. The lowest BCUT2D eigenvalue weighted by atomic mass is 10.1. The maximum absolute atomic E-state index is 12.6. The summed E-state index contributed by atoms with van der Waals surface area (Å²) in [6.45, 7) is 2.73. The van der Waals surface area contributed by atoms with Crippen molar-refractivity contribution in [3.63, 3.8) is 0 Å². The number of aryl methyl sites for hydroxylation is 1. The van der Waals surface area contributed by atoms with Gasteiger partial charge in [-0.25, -0.2) is 9.48 Å². The number of carbonyl (C=O) groups is 3. The number of hydrogen-bond acceptors (Lipinski definition) is 6. The van der Waals surface area contributed by atoms with Crippen LogP contribution in [-0.2, 0) is 14.3 Å². The molecule has 1 amide bonds. The van der Waals surface area contributed by atoms with Gasteiger partial charge in [-0.05, 0) is 38.1 Å². The van der Waals surface area contributed by atoms with Crippen LogP contribution >= 0.6 is 0 Å². The second-order valence-electron chi connectivity index (χ2n) is 6.45. The third kappa shape index (κ3) is 4.38. The molecule has 0 bridgehead atoms. The minimum absolute atomic E-state index is 0.161. The van der Waals surface area contributed by atoms with Crippen molar-refractivity contribution >= 4 is 23.3 Å². The fraction of sp³-hybridized carbons (Fsp3) is 0.182. The first-order chi connectivity index (χ1) is 14.4. The van der Waals surface area contributed by atoms with Crippen LogP contribution in [0.5, 0.6) is 5.75 Å². The Kier molecular flexibility index (Phi) is 6.26. The van der Waals surface area contributed by atoms with E-state index in [0.29, 0.717) is 22.8 Å². The van der Waals surface area contributed by atoms with E-state index in [0.717, 1.165) is 5.69 Å². The first kappa shape index (κ1) is 20.8. The molecule has 3 rings (SSSR count). The van der Waals surface area contributed by atoms with E-state index in [1.165, 1.54) is 7.11 Å². The summed E-state index contributed by atoms with van der Waals surface area (Å²) < 4.78 is 11.6. The molecule has 0 unspecified atom stereocenters. The Hall–Kier alpha value is -3.94. The summed E-state index contributed by atoms with van der Waals surface area (Å²) >= 11 is 0. The Labute approximate surface area is 173 Å². The number of para-hydroxylation sites is 3. The van der Waals surface area contributed by atoms with Gasteiger partial charge in [-0.2, -0.15) is 5.10 Å². The highest BCUT2D eigenvalue weighted by atomic mass is 16.5. The number of nitrogens with zero attached hydrogens (tertiary/aromatic N) is 2. The molecule has 0 spiro atoms. The maximum atomic E-state index is 12.6. The summed E-state index contributed by atoms with van der Waals surface area (Å²) in [6.07, 6.45) is 0. The van der Waals surface area contributed by atoms with E-state index in [-0.39, 0.29) is 5.56 Å². The highest BCUT2D eigenvalue weighted by Gasteiger charge is 2.27. The molecule has 0 saturated carbocycles. The van der Waals surface area contributed by atoms with Crippen LogP contribution in [0.2, 0.25) is 0 Å². The van der Waals surface area contributed by atoms with E-state index in [9.17, 15) is 14.4 Å². The number of hydrogen-bond donors (Lipinski definition) is 1. The van der Waals surface area contributed by atoms with Crippen LogP contribution in [-0.4, -0.2) is 41.2 Å². The molecular formula is C22H21N3O5. The molecule has 0 radical (unpaired) electrons. The highest BCUT2D eigenvalue weighted by Crippen LogP contribution is 2.23. The summed E-state index contributed by atoms with van der Waals surface area (Å²) in [5.41, 5.74) is 2.27. The molecule has 0 fully saturated rings. The third-order valence-corrected chi connectivity index (χ3v) is 4.42. The van der Waals surface area contributed by atoms with Gasteiger partial charge in [0.25, 0.3) is 11.7 Å². The SMILES string of the molecule is COc1ccccc1NC(=O)COC(=O)C(=O)c1c(C)nn(-c2ccccc2)c1C. The van der Waals surface area contributed by atoms with Crippen LogP contribution in [0.4, 0.5) is 5.69 Å². The number of nitrogens with one attached hydrogen (secondary N) is 1. The average Bonchev–Trinajstić information content (AvgIpc) is 3.06. The van der Waals surface area contributed by atoms with Gasteiger partial charge in [0.05, 0.1) is 35.4 Å². The molecule has 0 saturated heterocycles. The summed E-state index contributed by atoms with van der Waals surface area (Å²) in [6, 6.07) is 16.1. The molecule has 1 heterocycles. The number of carbonyl (C=O) groups excluding carboxylic acids is 3. The summed E-state index contributed by atoms with van der Waals surface area (Å²) in [5.74, 6) is -2.09. The zero-order valence-corrected chi connectivity index (χ0v) is 16.8. The van der Waals surface area contributed by atoms with Crippen molar-refractivity contribution in [1.29, 1.82) is 0 Å². The maximum Gasteiger partial charge on any atom is 0.380 e. The van der Waals surface area contributed by atoms with Gasteiger partial charge in [-0.15, -0.1) is 0 Å². The summed E-state index contributed by atoms with van der Waals surface area (Å²) in [5, 5.41) is 6.92. The average molecular weight is 407 g/mol. The zero-order chi connectivity index (χ0) is 21.7. The van der Waals surface area contributed by atoms with Crippen LogP contribution in [0.3, 0.4) is 0 Å². The van der Waals surface area contributed by atoms with Crippen LogP contribution in [0.15, 0.2) is 54.6 Å². The van der Waals surface area contributed by atoms with Crippen molar-refractivity contribution in [1.82, 2.24) is 9.78 Å². The summed E-state index contributed by atoms with van der Waals surface area (Å²) in [4.78, 5) is 37.0. The highest BCUT2D eigenvalue weighted by molar-refractivity contribution is 6.41. The van der Waals surface area contributed by atoms with E-state index in [2.05, 4.69) is 10.4 Å². The van der Waals surface area contributed by atoms with Crippen molar-refractivity contribution < 1.29 is 23.9 Å². The molecule has 0 aliphatic rings. The van der Waals surface area contributed by atoms with Gasteiger partial charge in [0, 0.05) is 0 Å². The molecule has 0 atom stereocenters. The van der Waals surface area contributed by atoms with E-state index in [4.69, 9.17) is 9.47 Å². The number of methoxy groups -OCH3 is 1. The molecule has 2 aromatic carbocycles. The van der Waals surface area contributed by atoms with Crippen molar-refractivity contribution in [3.05, 3.63) is 71.5 Å². The number of anilines is 1. The second kappa shape index (κ2) is 9.04. The Morgan fingerprint density at radius 3 is 2.37 bits per heavy atom. The molecule has 154 valence electrons. The number of ether oxygens (including phenoxy) is 2. The minimum Gasteiger partial charge on any atom is -0.495 e. The third-order valence-electron chi connectivity index (χ3n) is 4.42. The van der Waals surface area contributed by atoms with Gasteiger partial charge in [0.15, 0.2) is 6.61 Å². The number of esters is 1. The van der Waals surface area contributed by atoms with Crippen molar-refractivity contribution in [2.45, 2.75) is 13.8 Å². The van der Waals surface area contributed by atoms with Crippen LogP contribution in [0.25, 0.3) is 5.69 Å². The fourth-order valence-corrected chi connectivity index (χ4v) is 3.02. The Bertz CT molecular complexity index is 1090. The number of Topliss-reactive ketones (excluding diaryl/α,β-unsaturated/α-hetero) is 1. The lowest BCUT2D eigenvalue weighted by Gasteiger charge is -2.10. The summed E-state index contributed by atoms with van der Waals surface area (Å²) in [7, 11) is 1.48. The standard InChI is InChI=1S/C22H21N3O5/c1-14-20(15(2)25(24-14)16-9-5-4-6-10-16)21(27)22(28)30-13-19(26)23-17-11-7-8-12-18(17)29-3/h4-12H,13H2,1-3H3,(H,23,26). The van der Waals surface area contributed by atoms with Gasteiger partial charge in [-0.3, -0.25) is 9.59 Å². The number of rotatable bonds is 7. The molecule has 1 aromatic heterocycles. The predicted octanol–water partition coefficient (Wildman–Crippen LogP) is 2.86. The molecule has 8 heteroatoms. The number of benzene rings is 2. The first-order valence-electron chi connectivity index (χ1n) is 9.18. The number of amides is 1. The molecule has 0 aliphatic carbocycles. The van der Waals surface area contributed by atoms with E-state index >= 15 is 0 Å². The normalized spacial score (nSPS) is 10.4. The lowest BCUT2D eigenvalue weighted by molar-refractivity contribution is -0.142. The Balaban J connectivity index is 1.67. The minimum atomic E-state index is -1.12. The van der Waals surface area contributed by atoms with Gasteiger partial charge in [-0.1, -0.05) is 30.3 Å². The van der Waals surface area contributed by atoms with Crippen LogP contribution in [0.1, 0.15) is 21.7 Å². The molecule has 3 aromatic rings. The quantitative estimate of drug-likeness (QED) is 0.367. The van der Waals surface area contributed by atoms with E-state index < -0.39 is 24.3 Å². The molecular weight excluding hydrogens is 386 g/mol. The molecule has 1 N–H and O–H groups in total. The van der Waals surface area contributed by atoms with Gasteiger partial charge in [0.1, 0.15) is 5.75 Å². The van der Waals surface area contributed by atoms with E-state index in [1.54, 1.807) is 42.8 Å². The van der Waals surface area contributed by atoms with Crippen molar-refractivity contribution in [2.75, 3.05) is 19.0 Å². The number of aromatic nitrogens is 2. The van der Waals surface area contributed by atoms with Gasteiger partial charge >= 0.3 is 5.97 Å². The van der Waals surface area contributed by atoms with Gasteiger partial charge < -0.3 is 14.8 Å². The first-order valence-corrected chi connectivity index (χ1v) is 9.18. The van der Waals surface area contributed by atoms with Crippen molar-refractivity contribution in [2.24, 2.45) is 0 Å². The monoisotopic (exact) mass is 407 g/mol. The van der Waals surface area contributed by atoms with Gasteiger partial charge in [0.2, 0.25) is 0 Å². The largest absolute Gasteiger partial charge is 0.495 e. The van der Waals surface area contributed by atoms with Crippen LogP contribution < -0.4 is 10.1 Å². The topological polar surface area (TPSA) is 99.5 Å². The van der Waals surface area contributed by atoms with Crippen LogP contribution in [0, 0.1) is 13.8 Å². The zero-order valence-electron chi connectivity index (χ0n) is 16.8. The fourth-order valence-electron chi connectivity index (χ4n) is 3.02. The smallest absolute Gasteiger partial charge is 0.380 e. The van der Waals surface area contributed by atoms with E-state index in [1.807, 2.05) is 30.3 Å². The molecule has 0 aliphatic heterocycles. The lowest BCUT2D eigenvalue weighted by Crippen LogP contribution is -2.25. The Morgan fingerprint density at radius 1 is 1.00 bits per heavy atom. The Morgan fingerprint density at radius 2 is 1.67 bits per heavy atom. The second-order valence-corrected chi connectivity index (χ2v) is 6.45. The molecule has 8 nitrogen and oxygen atoms in total. The van der Waals surface area contributed by atoms with Crippen molar-refractivity contribution in [3.8, 4) is 11.4 Å². The molecule has 30 heavy (non-hydrogen) atoms.